The summed E-state index contributed by atoms with van der Waals surface area (Å²) in [7, 11) is 1.68. The fraction of sp³-hybridized carbons (Fsp3) is 0.316. The molecule has 1 fully saturated rings. The fourth-order valence-corrected chi connectivity index (χ4v) is 3.50. The van der Waals surface area contributed by atoms with Gasteiger partial charge in [-0.15, -0.1) is 0 Å². The molecule has 0 spiro atoms. The Bertz CT molecular complexity index is 685. The van der Waals surface area contributed by atoms with Crippen molar-refractivity contribution < 1.29 is 9.53 Å². The van der Waals surface area contributed by atoms with E-state index in [0.29, 0.717) is 5.56 Å². The van der Waals surface area contributed by atoms with Crippen LogP contribution in [-0.2, 0) is 6.54 Å². The largest absolute Gasteiger partial charge is 0.496 e. The monoisotopic (exact) mass is 327 g/mol. The van der Waals surface area contributed by atoms with E-state index in [2.05, 4.69) is 4.90 Å². The Labute approximate surface area is 141 Å². The van der Waals surface area contributed by atoms with Crippen LogP contribution in [0.1, 0.15) is 34.3 Å². The molecule has 1 aliphatic heterocycles. The van der Waals surface area contributed by atoms with Gasteiger partial charge >= 0.3 is 0 Å². The number of thiophene rings is 1. The van der Waals surface area contributed by atoms with Crippen molar-refractivity contribution in [3.8, 4) is 5.75 Å². The molecule has 0 N–H and O–H groups in total. The van der Waals surface area contributed by atoms with E-state index >= 15 is 0 Å². The highest BCUT2D eigenvalue weighted by Gasteiger charge is 2.15. The van der Waals surface area contributed by atoms with Crippen LogP contribution in [0.25, 0.3) is 6.08 Å². The van der Waals surface area contributed by atoms with Gasteiger partial charge in [0.05, 0.1) is 7.11 Å². The number of nitrogens with zero attached hydrogens (tertiary/aromatic N) is 1. The first-order valence-electron chi connectivity index (χ1n) is 7.90. The molecule has 1 saturated heterocycles. The van der Waals surface area contributed by atoms with Gasteiger partial charge in [0.15, 0.2) is 5.78 Å². The van der Waals surface area contributed by atoms with E-state index in [4.69, 9.17) is 4.74 Å². The number of likely N-dealkylation sites (tertiary alicyclic amines) is 1. The summed E-state index contributed by atoms with van der Waals surface area (Å²) >= 11 is 1.63. The SMILES string of the molecule is COc1ccc(C(=O)/C=C/c2ccsc2)cc1CN1CCCC1. The van der Waals surface area contributed by atoms with E-state index in [1.807, 2.05) is 41.1 Å². The highest BCUT2D eigenvalue weighted by atomic mass is 32.1. The second-order valence-corrected chi connectivity index (χ2v) is 6.54. The fourth-order valence-electron chi connectivity index (χ4n) is 2.88. The molecule has 0 amide bonds. The number of methoxy groups -OCH3 is 1. The molecule has 3 rings (SSSR count). The van der Waals surface area contributed by atoms with Crippen LogP contribution in [-0.4, -0.2) is 30.9 Å². The molecular formula is C19H21NO2S. The number of hydrogen-bond acceptors (Lipinski definition) is 4. The molecule has 0 unspecified atom stereocenters. The molecule has 3 nitrogen and oxygen atoms in total. The van der Waals surface area contributed by atoms with Crippen LogP contribution in [0.4, 0.5) is 0 Å². The Balaban J connectivity index is 1.77. The number of ether oxygens (including phenoxy) is 1. The minimum absolute atomic E-state index is 0.0292. The van der Waals surface area contributed by atoms with E-state index in [-0.39, 0.29) is 5.78 Å². The van der Waals surface area contributed by atoms with Crippen LogP contribution < -0.4 is 4.74 Å². The predicted molar refractivity (Wildman–Crippen MR) is 95.2 cm³/mol. The van der Waals surface area contributed by atoms with Gasteiger partial charge in [0.25, 0.3) is 0 Å². The van der Waals surface area contributed by atoms with E-state index < -0.39 is 0 Å². The lowest BCUT2D eigenvalue weighted by atomic mass is 10.0. The summed E-state index contributed by atoms with van der Waals surface area (Å²) in [5.41, 5.74) is 2.87. The maximum atomic E-state index is 12.4. The van der Waals surface area contributed by atoms with Gasteiger partial charge in [-0.1, -0.05) is 6.08 Å². The molecule has 0 aliphatic carbocycles. The van der Waals surface area contributed by atoms with Gasteiger partial charge < -0.3 is 4.74 Å². The third kappa shape index (κ3) is 4.09. The Morgan fingerprint density at radius 1 is 1.30 bits per heavy atom. The molecule has 0 atom stereocenters. The maximum absolute atomic E-state index is 12.4. The quantitative estimate of drug-likeness (QED) is 0.587. The Morgan fingerprint density at radius 3 is 2.83 bits per heavy atom. The van der Waals surface area contributed by atoms with Crippen molar-refractivity contribution in [3.05, 3.63) is 57.8 Å². The lowest BCUT2D eigenvalue weighted by Crippen LogP contribution is -2.19. The topological polar surface area (TPSA) is 29.5 Å². The van der Waals surface area contributed by atoms with E-state index in [1.165, 1.54) is 12.8 Å². The second-order valence-electron chi connectivity index (χ2n) is 5.76. The van der Waals surface area contributed by atoms with E-state index in [0.717, 1.165) is 36.5 Å². The Kier molecular flexibility index (Phi) is 5.26. The molecule has 0 radical (unpaired) electrons. The van der Waals surface area contributed by atoms with Gasteiger partial charge in [-0.25, -0.2) is 0 Å². The van der Waals surface area contributed by atoms with Crippen molar-refractivity contribution in [2.75, 3.05) is 20.2 Å². The highest BCUT2D eigenvalue weighted by Crippen LogP contribution is 2.24. The molecule has 1 aromatic heterocycles. The summed E-state index contributed by atoms with van der Waals surface area (Å²) in [5, 5.41) is 4.03. The molecule has 1 aromatic carbocycles. The van der Waals surface area contributed by atoms with Crippen LogP contribution >= 0.6 is 11.3 Å². The van der Waals surface area contributed by atoms with Gasteiger partial charge in [0, 0.05) is 17.7 Å². The molecule has 2 heterocycles. The maximum Gasteiger partial charge on any atom is 0.185 e. The number of allylic oxidation sites excluding steroid dienone is 1. The molecule has 0 bridgehead atoms. The number of carbonyl (C=O) groups is 1. The van der Waals surface area contributed by atoms with Crippen molar-refractivity contribution in [2.45, 2.75) is 19.4 Å². The zero-order valence-electron chi connectivity index (χ0n) is 13.3. The summed E-state index contributed by atoms with van der Waals surface area (Å²) in [6, 6.07) is 7.71. The van der Waals surface area contributed by atoms with Crippen molar-refractivity contribution in [1.29, 1.82) is 0 Å². The summed E-state index contributed by atoms with van der Waals surface area (Å²) in [4.78, 5) is 14.8. The van der Waals surface area contributed by atoms with Crippen LogP contribution in [0.2, 0.25) is 0 Å². The number of hydrogen-bond donors (Lipinski definition) is 0. The van der Waals surface area contributed by atoms with Crippen LogP contribution in [0.5, 0.6) is 5.75 Å². The van der Waals surface area contributed by atoms with Crippen molar-refractivity contribution in [3.63, 3.8) is 0 Å². The van der Waals surface area contributed by atoms with Crippen LogP contribution in [0.15, 0.2) is 41.1 Å². The van der Waals surface area contributed by atoms with Gasteiger partial charge in [-0.2, -0.15) is 11.3 Å². The zero-order valence-corrected chi connectivity index (χ0v) is 14.1. The third-order valence-electron chi connectivity index (χ3n) is 4.13. The first-order chi connectivity index (χ1) is 11.3. The first kappa shape index (κ1) is 16.0. The van der Waals surface area contributed by atoms with Crippen LogP contribution in [0, 0.1) is 0 Å². The average Bonchev–Trinajstić information content (AvgIpc) is 3.26. The standard InChI is InChI=1S/C19H21NO2S/c1-22-19-7-5-16(12-17(19)13-20-9-2-3-10-20)18(21)6-4-15-8-11-23-14-15/h4-8,11-12,14H,2-3,9-10,13H2,1H3/b6-4+. The molecule has 2 aromatic rings. The third-order valence-corrected chi connectivity index (χ3v) is 4.83. The molecule has 120 valence electrons. The number of ketones is 1. The summed E-state index contributed by atoms with van der Waals surface area (Å²) in [6.45, 7) is 3.09. The van der Waals surface area contributed by atoms with E-state index in [1.54, 1.807) is 24.5 Å². The minimum atomic E-state index is 0.0292. The number of rotatable bonds is 6. The van der Waals surface area contributed by atoms with Crippen molar-refractivity contribution in [1.82, 2.24) is 4.90 Å². The number of benzene rings is 1. The minimum Gasteiger partial charge on any atom is -0.496 e. The average molecular weight is 327 g/mol. The highest BCUT2D eigenvalue weighted by molar-refractivity contribution is 7.08. The molecule has 0 saturated carbocycles. The van der Waals surface area contributed by atoms with Crippen molar-refractivity contribution in [2.24, 2.45) is 0 Å². The lowest BCUT2D eigenvalue weighted by Gasteiger charge is -2.17. The van der Waals surface area contributed by atoms with Crippen LogP contribution in [0.3, 0.4) is 0 Å². The van der Waals surface area contributed by atoms with Gasteiger partial charge in [0.2, 0.25) is 0 Å². The molecule has 23 heavy (non-hydrogen) atoms. The van der Waals surface area contributed by atoms with Gasteiger partial charge in [0.1, 0.15) is 5.75 Å². The number of carbonyl (C=O) groups excluding carboxylic acids is 1. The zero-order chi connectivity index (χ0) is 16.1. The lowest BCUT2D eigenvalue weighted by molar-refractivity contribution is 0.104. The van der Waals surface area contributed by atoms with Gasteiger partial charge in [-0.05, 0) is 72.6 Å². The summed E-state index contributed by atoms with van der Waals surface area (Å²) in [6.07, 6.45) is 6.02. The first-order valence-corrected chi connectivity index (χ1v) is 8.84. The molecule has 4 heteroatoms. The van der Waals surface area contributed by atoms with Gasteiger partial charge in [-0.3, -0.25) is 9.69 Å². The summed E-state index contributed by atoms with van der Waals surface area (Å²) in [5.74, 6) is 0.886. The van der Waals surface area contributed by atoms with E-state index in [9.17, 15) is 4.79 Å². The predicted octanol–water partition coefficient (Wildman–Crippen LogP) is 4.25. The molecular weight excluding hydrogens is 306 g/mol. The second kappa shape index (κ2) is 7.57. The van der Waals surface area contributed by atoms with Crippen molar-refractivity contribution >= 4 is 23.2 Å². The normalized spacial score (nSPS) is 15.3. The Hall–Kier alpha value is -1.91. The molecule has 1 aliphatic rings. The smallest absolute Gasteiger partial charge is 0.185 e. The summed E-state index contributed by atoms with van der Waals surface area (Å²) < 4.78 is 5.45. The Morgan fingerprint density at radius 2 is 2.13 bits per heavy atom.